The third-order valence-corrected chi connectivity index (χ3v) is 1.18. The van der Waals surface area contributed by atoms with E-state index in [9.17, 15) is 0 Å². The van der Waals surface area contributed by atoms with Gasteiger partial charge >= 0.3 is 0 Å². The van der Waals surface area contributed by atoms with E-state index in [1.807, 2.05) is 22.7 Å². The van der Waals surface area contributed by atoms with Crippen LogP contribution in [0.3, 0.4) is 0 Å². The van der Waals surface area contributed by atoms with Crippen molar-refractivity contribution in [2.45, 2.75) is 0 Å². The molecule has 2 heterocycles. The minimum Gasteiger partial charge on any atom is -0.306 e. The van der Waals surface area contributed by atoms with Crippen LogP contribution in [0.15, 0.2) is 24.5 Å². The van der Waals surface area contributed by atoms with E-state index in [1.165, 1.54) is 0 Å². The first-order valence-electron chi connectivity index (χ1n) is 2.68. The molecule has 2 rings (SSSR count). The number of pyridine rings is 1. The van der Waals surface area contributed by atoms with Gasteiger partial charge in [0.05, 0.1) is 0 Å². The van der Waals surface area contributed by atoms with Crippen molar-refractivity contribution in [1.29, 1.82) is 0 Å². The van der Waals surface area contributed by atoms with Crippen LogP contribution >= 0.6 is 0 Å². The van der Waals surface area contributed by atoms with Gasteiger partial charge in [-0.25, -0.2) is 4.98 Å². The highest BCUT2D eigenvalue weighted by molar-refractivity contribution is 5.36. The molecule has 0 bridgehead atoms. The number of aromatic nitrogens is 2. The summed E-state index contributed by atoms with van der Waals surface area (Å²) >= 11 is 0. The summed E-state index contributed by atoms with van der Waals surface area (Å²) in [5, 5.41) is 0. The molecule has 2 heteroatoms. The van der Waals surface area contributed by atoms with Crippen LogP contribution in [0.1, 0.15) is 0 Å². The minimum absolute atomic E-state index is 0.911. The molecule has 0 N–H and O–H groups in total. The topological polar surface area (TPSA) is 17.3 Å². The predicted octanol–water partition coefficient (Wildman–Crippen LogP) is 0.935. The molecular formula is C7H4N2. The van der Waals surface area contributed by atoms with Crippen LogP contribution in [-0.2, 0) is 0 Å². The summed E-state index contributed by atoms with van der Waals surface area (Å²) < 4.78 is 1.86. The van der Waals surface area contributed by atoms with Gasteiger partial charge in [-0.15, -0.1) is 0 Å². The van der Waals surface area contributed by atoms with Gasteiger partial charge in [0.2, 0.25) is 0 Å². The van der Waals surface area contributed by atoms with E-state index in [4.69, 9.17) is 0 Å². The standard InChI is InChI=1S/C7H4N2/c1-2-5-9-6-4-8-7(9)3-1/h1,3,5-6H. The lowest BCUT2D eigenvalue weighted by Gasteiger charge is -1.86. The van der Waals surface area contributed by atoms with Crippen molar-refractivity contribution in [3.8, 4) is 0 Å². The molecule has 0 aliphatic carbocycles. The number of rotatable bonds is 0. The summed E-state index contributed by atoms with van der Waals surface area (Å²) in [4.78, 5) is 3.94. The van der Waals surface area contributed by atoms with Crippen molar-refractivity contribution in [3.05, 3.63) is 36.8 Å². The van der Waals surface area contributed by atoms with E-state index in [1.54, 1.807) is 6.20 Å². The van der Waals surface area contributed by atoms with Crippen LogP contribution < -0.4 is 0 Å². The van der Waals surface area contributed by atoms with E-state index in [2.05, 4.69) is 17.2 Å². The van der Waals surface area contributed by atoms with Gasteiger partial charge in [-0.1, -0.05) is 0 Å². The fourth-order valence-electron chi connectivity index (χ4n) is 0.754. The van der Waals surface area contributed by atoms with Crippen molar-refractivity contribution in [2.75, 3.05) is 0 Å². The van der Waals surface area contributed by atoms with Gasteiger partial charge in [-0.05, 0) is 18.2 Å². The van der Waals surface area contributed by atoms with Crippen molar-refractivity contribution in [1.82, 2.24) is 9.38 Å². The maximum absolute atomic E-state index is 3.94. The molecule has 2 radical (unpaired) electrons. The van der Waals surface area contributed by atoms with Gasteiger partial charge in [0, 0.05) is 12.4 Å². The molecule has 2 aromatic heterocycles. The summed E-state index contributed by atoms with van der Waals surface area (Å²) in [6.07, 6.45) is 6.32. The largest absolute Gasteiger partial charge is 0.306 e. The van der Waals surface area contributed by atoms with Crippen LogP contribution in [0.2, 0.25) is 0 Å². The fraction of sp³-hybridized carbons (Fsp3) is 0. The lowest BCUT2D eigenvalue weighted by atomic mass is 10.5. The lowest BCUT2D eigenvalue weighted by Crippen LogP contribution is -1.77. The Labute approximate surface area is 52.8 Å². The molecule has 0 aromatic carbocycles. The number of fused-ring (bicyclic) bond motifs is 1. The first-order chi connectivity index (χ1) is 4.47. The van der Waals surface area contributed by atoms with Crippen molar-refractivity contribution in [3.63, 3.8) is 0 Å². The SMILES string of the molecule is [c]1ccc2n[c]cn2c1. The van der Waals surface area contributed by atoms with E-state index in [0.29, 0.717) is 0 Å². The normalized spacial score (nSPS) is 10.2. The smallest absolute Gasteiger partial charge is 0.137 e. The molecule has 42 valence electrons. The second kappa shape index (κ2) is 1.58. The zero-order valence-corrected chi connectivity index (χ0v) is 4.70. The van der Waals surface area contributed by atoms with E-state index >= 15 is 0 Å². The van der Waals surface area contributed by atoms with Crippen LogP contribution in [0.4, 0.5) is 0 Å². The maximum Gasteiger partial charge on any atom is 0.137 e. The molecule has 2 aromatic rings. The molecule has 0 spiro atoms. The Bertz CT molecular complexity index is 281. The van der Waals surface area contributed by atoms with E-state index in [0.717, 1.165) is 5.65 Å². The van der Waals surface area contributed by atoms with E-state index in [-0.39, 0.29) is 0 Å². The van der Waals surface area contributed by atoms with Crippen LogP contribution in [0.5, 0.6) is 0 Å². The van der Waals surface area contributed by atoms with Crippen molar-refractivity contribution >= 4 is 5.65 Å². The average Bonchev–Trinajstić information content (AvgIpc) is 2.33. The molecule has 0 amide bonds. The lowest BCUT2D eigenvalue weighted by molar-refractivity contribution is 1.18. The Morgan fingerprint density at radius 1 is 1.44 bits per heavy atom. The van der Waals surface area contributed by atoms with Gasteiger partial charge in [0.15, 0.2) is 0 Å². The highest BCUT2D eigenvalue weighted by atomic mass is 15.0. The molecule has 0 saturated carbocycles. The van der Waals surface area contributed by atoms with Crippen LogP contribution in [-0.4, -0.2) is 9.38 Å². The summed E-state index contributed by atoms with van der Waals surface area (Å²) in [5.74, 6) is 0. The first-order valence-corrected chi connectivity index (χ1v) is 2.68. The second-order valence-electron chi connectivity index (χ2n) is 1.76. The zero-order chi connectivity index (χ0) is 6.10. The third kappa shape index (κ3) is 0.598. The summed E-state index contributed by atoms with van der Waals surface area (Å²) in [7, 11) is 0. The van der Waals surface area contributed by atoms with Crippen LogP contribution in [0.25, 0.3) is 5.65 Å². The molecule has 0 fully saturated rings. The number of hydrogen-bond donors (Lipinski definition) is 0. The molecule has 0 aliphatic heterocycles. The van der Waals surface area contributed by atoms with Gasteiger partial charge in [-0.3, -0.25) is 0 Å². The zero-order valence-electron chi connectivity index (χ0n) is 4.70. The Kier molecular flexibility index (Phi) is 0.803. The first kappa shape index (κ1) is 4.56. The van der Waals surface area contributed by atoms with E-state index < -0.39 is 0 Å². The molecular weight excluding hydrogens is 112 g/mol. The molecule has 0 atom stereocenters. The molecule has 2 nitrogen and oxygen atoms in total. The number of hydrogen-bond acceptors (Lipinski definition) is 1. The molecule has 0 unspecified atom stereocenters. The number of nitrogens with zero attached hydrogens (tertiary/aromatic N) is 2. The highest BCUT2D eigenvalue weighted by Crippen LogP contribution is 1.95. The second-order valence-corrected chi connectivity index (χ2v) is 1.76. The maximum atomic E-state index is 3.94. The Hall–Kier alpha value is -1.31. The van der Waals surface area contributed by atoms with Gasteiger partial charge < -0.3 is 4.40 Å². The van der Waals surface area contributed by atoms with Gasteiger partial charge in [0.1, 0.15) is 11.8 Å². The fourth-order valence-corrected chi connectivity index (χ4v) is 0.754. The van der Waals surface area contributed by atoms with Crippen LogP contribution in [0, 0.1) is 12.3 Å². The summed E-state index contributed by atoms with van der Waals surface area (Å²) in [6.45, 7) is 0. The van der Waals surface area contributed by atoms with Crippen molar-refractivity contribution < 1.29 is 0 Å². The summed E-state index contributed by atoms with van der Waals surface area (Å²) in [6, 6.07) is 6.64. The predicted molar refractivity (Wildman–Crippen MR) is 32.9 cm³/mol. The Morgan fingerprint density at radius 3 is 3.33 bits per heavy atom. The van der Waals surface area contributed by atoms with Gasteiger partial charge in [-0.2, -0.15) is 0 Å². The third-order valence-electron chi connectivity index (χ3n) is 1.18. The average molecular weight is 116 g/mol. The molecule has 9 heavy (non-hydrogen) atoms. The van der Waals surface area contributed by atoms with Crippen molar-refractivity contribution in [2.24, 2.45) is 0 Å². The Morgan fingerprint density at radius 2 is 2.44 bits per heavy atom. The molecule has 0 aliphatic rings. The Balaban J connectivity index is 2.95. The summed E-state index contributed by atoms with van der Waals surface area (Å²) in [5.41, 5.74) is 0.911. The highest BCUT2D eigenvalue weighted by Gasteiger charge is 1.86. The molecule has 0 saturated heterocycles. The minimum atomic E-state index is 0.911. The quantitative estimate of drug-likeness (QED) is 0.500. The number of imidazole rings is 1. The van der Waals surface area contributed by atoms with Gasteiger partial charge in [0.25, 0.3) is 0 Å². The monoisotopic (exact) mass is 116 g/mol.